The molecule has 1 heterocycles. The Kier molecular flexibility index (Phi) is 3.94. The minimum atomic E-state index is -0.626. The molecule has 0 saturated carbocycles. The second-order valence-electron chi connectivity index (χ2n) is 3.68. The number of nitro groups is 1. The molecule has 0 atom stereocenters. The lowest BCUT2D eigenvalue weighted by Gasteiger charge is -2.09. The molecule has 0 saturated heterocycles. The monoisotopic (exact) mass is 297 g/mol. The average Bonchev–Trinajstić information content (AvgIpc) is 2.41. The summed E-state index contributed by atoms with van der Waals surface area (Å²) in [5.74, 6) is -0.340. The number of hydrogen-bond donors (Lipinski definition) is 2. The highest BCUT2D eigenvalue weighted by Crippen LogP contribution is 2.30. The van der Waals surface area contributed by atoms with E-state index in [4.69, 9.17) is 11.6 Å². The summed E-state index contributed by atoms with van der Waals surface area (Å²) in [5, 5.41) is 16.4. The predicted molar refractivity (Wildman–Crippen MR) is 72.9 cm³/mol. The second kappa shape index (κ2) is 5.66. The maximum atomic E-state index is 13.0. The van der Waals surface area contributed by atoms with Crippen LogP contribution in [-0.2, 0) is 0 Å². The first-order chi connectivity index (χ1) is 9.51. The first-order valence-electron chi connectivity index (χ1n) is 5.42. The summed E-state index contributed by atoms with van der Waals surface area (Å²) in [4.78, 5) is 18.0. The zero-order chi connectivity index (χ0) is 14.7. The van der Waals surface area contributed by atoms with Gasteiger partial charge in [0.2, 0.25) is 11.8 Å². The molecule has 1 aromatic heterocycles. The Morgan fingerprint density at radius 1 is 1.45 bits per heavy atom. The molecule has 0 fully saturated rings. The Morgan fingerprint density at radius 2 is 2.20 bits per heavy atom. The molecule has 0 aliphatic rings. The van der Waals surface area contributed by atoms with Crippen LogP contribution in [0.15, 0.2) is 24.4 Å². The largest absolute Gasteiger partial charge is 0.357 e. The molecule has 9 heteroatoms. The zero-order valence-electron chi connectivity index (χ0n) is 10.2. The summed E-state index contributed by atoms with van der Waals surface area (Å²) < 4.78 is 13.0. The zero-order valence-corrected chi connectivity index (χ0v) is 11.0. The van der Waals surface area contributed by atoms with Crippen molar-refractivity contribution in [3.8, 4) is 0 Å². The molecule has 1 aromatic carbocycles. The van der Waals surface area contributed by atoms with E-state index in [0.29, 0.717) is 5.69 Å². The lowest BCUT2D eigenvalue weighted by atomic mass is 10.3. The van der Waals surface area contributed by atoms with Crippen molar-refractivity contribution in [1.29, 1.82) is 0 Å². The number of aromatic nitrogens is 2. The van der Waals surface area contributed by atoms with Crippen molar-refractivity contribution in [2.45, 2.75) is 0 Å². The van der Waals surface area contributed by atoms with Gasteiger partial charge in [0, 0.05) is 7.05 Å². The van der Waals surface area contributed by atoms with E-state index in [9.17, 15) is 14.5 Å². The summed E-state index contributed by atoms with van der Waals surface area (Å²) in [7, 11) is 1.58. The van der Waals surface area contributed by atoms with E-state index in [-0.39, 0.29) is 22.5 Å². The molecule has 0 unspecified atom stereocenters. The van der Waals surface area contributed by atoms with E-state index in [0.717, 1.165) is 12.3 Å². The van der Waals surface area contributed by atoms with Gasteiger partial charge in [0.05, 0.1) is 15.6 Å². The van der Waals surface area contributed by atoms with Gasteiger partial charge >= 0.3 is 5.69 Å². The van der Waals surface area contributed by atoms with Gasteiger partial charge in [-0.25, -0.2) is 9.37 Å². The van der Waals surface area contributed by atoms with Crippen molar-refractivity contribution < 1.29 is 9.31 Å². The third-order valence-electron chi connectivity index (χ3n) is 2.37. The smallest absolute Gasteiger partial charge is 0.329 e. The Morgan fingerprint density at radius 3 is 2.80 bits per heavy atom. The van der Waals surface area contributed by atoms with Crippen LogP contribution < -0.4 is 10.6 Å². The van der Waals surface area contributed by atoms with Gasteiger partial charge in [-0.2, -0.15) is 4.98 Å². The number of anilines is 3. The predicted octanol–water partition coefficient (Wildman–Crippen LogP) is 2.96. The van der Waals surface area contributed by atoms with Gasteiger partial charge in [-0.15, -0.1) is 0 Å². The molecule has 0 amide bonds. The lowest BCUT2D eigenvalue weighted by Crippen LogP contribution is -2.04. The molecule has 2 N–H and O–H groups in total. The molecule has 0 spiro atoms. The number of benzene rings is 1. The van der Waals surface area contributed by atoms with Crippen molar-refractivity contribution in [2.75, 3.05) is 17.7 Å². The molecule has 0 aliphatic carbocycles. The van der Waals surface area contributed by atoms with Crippen LogP contribution in [0.25, 0.3) is 0 Å². The van der Waals surface area contributed by atoms with Crippen molar-refractivity contribution in [1.82, 2.24) is 9.97 Å². The number of nitrogens with zero attached hydrogens (tertiary/aromatic N) is 3. The van der Waals surface area contributed by atoms with E-state index in [1.165, 1.54) is 12.1 Å². The summed E-state index contributed by atoms with van der Waals surface area (Å²) in [6.45, 7) is 0. The molecular weight excluding hydrogens is 289 g/mol. The van der Waals surface area contributed by atoms with Gasteiger partial charge in [0.1, 0.15) is 12.0 Å². The van der Waals surface area contributed by atoms with Gasteiger partial charge in [-0.3, -0.25) is 10.1 Å². The highest BCUT2D eigenvalue weighted by Gasteiger charge is 2.18. The van der Waals surface area contributed by atoms with Crippen LogP contribution in [0.3, 0.4) is 0 Å². The molecule has 7 nitrogen and oxygen atoms in total. The Bertz CT molecular complexity index is 667. The minimum absolute atomic E-state index is 0.0390. The molecule has 0 radical (unpaired) electrons. The first-order valence-corrected chi connectivity index (χ1v) is 5.80. The fourth-order valence-corrected chi connectivity index (χ4v) is 1.65. The third kappa shape index (κ3) is 2.91. The fourth-order valence-electron chi connectivity index (χ4n) is 1.44. The van der Waals surface area contributed by atoms with Crippen LogP contribution in [0, 0.1) is 15.9 Å². The van der Waals surface area contributed by atoms with Crippen molar-refractivity contribution in [2.24, 2.45) is 0 Å². The van der Waals surface area contributed by atoms with Crippen molar-refractivity contribution >= 4 is 34.7 Å². The highest BCUT2D eigenvalue weighted by molar-refractivity contribution is 6.33. The Balaban J connectivity index is 2.43. The maximum absolute atomic E-state index is 13.0. The second-order valence-corrected chi connectivity index (χ2v) is 4.09. The molecule has 0 bridgehead atoms. The van der Waals surface area contributed by atoms with Crippen LogP contribution in [0.5, 0.6) is 0 Å². The minimum Gasteiger partial charge on any atom is -0.357 e. The molecule has 20 heavy (non-hydrogen) atoms. The van der Waals surface area contributed by atoms with Gasteiger partial charge in [0.25, 0.3) is 0 Å². The molecule has 2 aromatic rings. The summed E-state index contributed by atoms with van der Waals surface area (Å²) in [6, 6.07) is 3.64. The maximum Gasteiger partial charge on any atom is 0.329 e. The van der Waals surface area contributed by atoms with E-state index < -0.39 is 10.7 Å². The van der Waals surface area contributed by atoms with E-state index in [2.05, 4.69) is 20.6 Å². The number of nitrogens with one attached hydrogen (secondary N) is 2. The highest BCUT2D eigenvalue weighted by atomic mass is 35.5. The van der Waals surface area contributed by atoms with Gasteiger partial charge in [0.15, 0.2) is 0 Å². The standard InChI is InChI=1S/C11H9ClFN5O2/c1-14-11-15-5-9(18(19)20)10(17-11)16-8-3-2-6(13)4-7(8)12/h2-5H,1H3,(H2,14,15,16,17). The molecule has 2 rings (SSSR count). The number of hydrogen-bond acceptors (Lipinski definition) is 6. The third-order valence-corrected chi connectivity index (χ3v) is 2.69. The van der Waals surface area contributed by atoms with Gasteiger partial charge < -0.3 is 10.6 Å². The fraction of sp³-hybridized carbons (Fsp3) is 0.0909. The van der Waals surface area contributed by atoms with E-state index in [1.807, 2.05) is 0 Å². The van der Waals surface area contributed by atoms with Gasteiger partial charge in [-0.05, 0) is 18.2 Å². The molecular formula is C11H9ClFN5O2. The number of rotatable bonds is 4. The topological polar surface area (TPSA) is 93.0 Å². The normalized spacial score (nSPS) is 10.2. The van der Waals surface area contributed by atoms with E-state index >= 15 is 0 Å². The van der Waals surface area contributed by atoms with Gasteiger partial charge in [-0.1, -0.05) is 11.6 Å². The van der Waals surface area contributed by atoms with Crippen molar-refractivity contribution in [3.05, 3.63) is 45.4 Å². The quantitative estimate of drug-likeness (QED) is 0.665. The average molecular weight is 298 g/mol. The van der Waals surface area contributed by atoms with Crippen LogP contribution in [0.4, 0.5) is 27.5 Å². The SMILES string of the molecule is CNc1ncc([N+](=O)[O-])c(Nc2ccc(F)cc2Cl)n1. The van der Waals surface area contributed by atoms with Crippen LogP contribution in [0.1, 0.15) is 0 Å². The van der Waals surface area contributed by atoms with E-state index in [1.54, 1.807) is 7.05 Å². The van der Waals surface area contributed by atoms with Crippen molar-refractivity contribution in [3.63, 3.8) is 0 Å². The summed E-state index contributed by atoms with van der Waals surface area (Å²) in [5.41, 5.74) is -0.0127. The lowest BCUT2D eigenvalue weighted by molar-refractivity contribution is -0.384. The van der Waals surface area contributed by atoms with Crippen LogP contribution >= 0.6 is 11.6 Å². The number of halogens is 2. The first kappa shape index (κ1) is 13.9. The molecule has 104 valence electrons. The van der Waals surface area contributed by atoms with Crippen LogP contribution in [-0.4, -0.2) is 21.9 Å². The Labute approximate surface area is 118 Å². The summed E-state index contributed by atoms with van der Waals surface area (Å²) in [6.07, 6.45) is 1.07. The van der Waals surface area contributed by atoms with Crippen LogP contribution in [0.2, 0.25) is 5.02 Å². The summed E-state index contributed by atoms with van der Waals surface area (Å²) >= 11 is 5.85. The Hall–Kier alpha value is -2.48. The molecule has 0 aliphatic heterocycles.